The molecule has 0 aromatic heterocycles. The number of rotatable bonds is 5. The molecule has 0 aliphatic heterocycles. The van der Waals surface area contributed by atoms with E-state index in [9.17, 15) is 4.39 Å². The standard InChI is InChI=1S/C11H15BrFNO/c1-3-15-7-11(14-2)8-4-9(12)6-10(13)5-8/h4-6,11,14H,3,7H2,1-2H3. The second-order valence-corrected chi connectivity index (χ2v) is 4.12. The van der Waals surface area contributed by atoms with Gasteiger partial charge in [0, 0.05) is 11.1 Å². The summed E-state index contributed by atoms with van der Waals surface area (Å²) in [5.74, 6) is -0.240. The summed E-state index contributed by atoms with van der Waals surface area (Å²) in [4.78, 5) is 0. The van der Waals surface area contributed by atoms with Gasteiger partial charge in [0.05, 0.1) is 12.6 Å². The third-order valence-electron chi connectivity index (χ3n) is 2.12. The van der Waals surface area contributed by atoms with E-state index in [1.165, 1.54) is 12.1 Å². The maximum Gasteiger partial charge on any atom is 0.124 e. The van der Waals surface area contributed by atoms with Crippen LogP contribution in [0.1, 0.15) is 18.5 Å². The Balaban J connectivity index is 2.81. The maximum atomic E-state index is 13.1. The van der Waals surface area contributed by atoms with Crippen molar-refractivity contribution < 1.29 is 9.13 Å². The predicted octanol–water partition coefficient (Wildman–Crippen LogP) is 2.89. The first-order valence-electron chi connectivity index (χ1n) is 4.88. The molecule has 1 aromatic rings. The predicted molar refractivity (Wildman–Crippen MR) is 62.4 cm³/mol. The average molecular weight is 276 g/mol. The van der Waals surface area contributed by atoms with Crippen LogP contribution in [0.25, 0.3) is 0 Å². The quantitative estimate of drug-likeness (QED) is 0.892. The lowest BCUT2D eigenvalue weighted by Gasteiger charge is -2.16. The van der Waals surface area contributed by atoms with Gasteiger partial charge in [-0.1, -0.05) is 15.9 Å². The topological polar surface area (TPSA) is 21.3 Å². The Kier molecular flexibility index (Phi) is 5.22. The van der Waals surface area contributed by atoms with Gasteiger partial charge in [-0.3, -0.25) is 0 Å². The lowest BCUT2D eigenvalue weighted by atomic mass is 10.1. The summed E-state index contributed by atoms with van der Waals surface area (Å²) in [5, 5.41) is 3.10. The lowest BCUT2D eigenvalue weighted by Crippen LogP contribution is -2.22. The maximum absolute atomic E-state index is 13.1. The largest absolute Gasteiger partial charge is 0.380 e. The SMILES string of the molecule is CCOCC(NC)c1cc(F)cc(Br)c1. The Bertz CT molecular complexity index is 299. The fourth-order valence-corrected chi connectivity index (χ4v) is 1.84. The van der Waals surface area contributed by atoms with Crippen LogP contribution >= 0.6 is 15.9 Å². The van der Waals surface area contributed by atoms with Gasteiger partial charge in [-0.15, -0.1) is 0 Å². The highest BCUT2D eigenvalue weighted by Gasteiger charge is 2.10. The molecule has 0 radical (unpaired) electrons. The molecule has 1 aromatic carbocycles. The molecule has 0 fully saturated rings. The van der Waals surface area contributed by atoms with Gasteiger partial charge in [0.25, 0.3) is 0 Å². The fraction of sp³-hybridized carbons (Fsp3) is 0.455. The minimum absolute atomic E-state index is 0.0250. The van der Waals surface area contributed by atoms with Gasteiger partial charge < -0.3 is 10.1 Å². The molecule has 1 atom stereocenters. The van der Waals surface area contributed by atoms with Crippen molar-refractivity contribution >= 4 is 15.9 Å². The molecule has 1 unspecified atom stereocenters. The molecule has 1 rings (SSSR count). The van der Waals surface area contributed by atoms with Crippen LogP contribution < -0.4 is 5.32 Å². The van der Waals surface area contributed by atoms with Crippen LogP contribution in [0.2, 0.25) is 0 Å². The van der Waals surface area contributed by atoms with Crippen molar-refractivity contribution in [3.05, 3.63) is 34.1 Å². The summed E-state index contributed by atoms with van der Waals surface area (Å²) < 4.78 is 19.2. The molecule has 4 heteroatoms. The van der Waals surface area contributed by atoms with E-state index in [-0.39, 0.29) is 11.9 Å². The van der Waals surface area contributed by atoms with E-state index in [2.05, 4.69) is 21.2 Å². The first-order valence-corrected chi connectivity index (χ1v) is 5.67. The smallest absolute Gasteiger partial charge is 0.124 e. The number of nitrogens with one attached hydrogen (secondary N) is 1. The van der Waals surface area contributed by atoms with Crippen LogP contribution in [0, 0.1) is 5.82 Å². The van der Waals surface area contributed by atoms with Crippen molar-refractivity contribution in [1.29, 1.82) is 0 Å². The van der Waals surface area contributed by atoms with Crippen LogP contribution in [0.5, 0.6) is 0 Å². The minimum atomic E-state index is -0.240. The van der Waals surface area contributed by atoms with E-state index in [4.69, 9.17) is 4.74 Å². The van der Waals surface area contributed by atoms with Crippen molar-refractivity contribution in [2.45, 2.75) is 13.0 Å². The van der Waals surface area contributed by atoms with E-state index >= 15 is 0 Å². The van der Waals surface area contributed by atoms with E-state index in [0.29, 0.717) is 13.2 Å². The molecule has 84 valence electrons. The minimum Gasteiger partial charge on any atom is -0.380 e. The number of likely N-dealkylation sites (N-methyl/N-ethyl adjacent to an activating group) is 1. The molecule has 0 spiro atoms. The van der Waals surface area contributed by atoms with E-state index in [1.54, 1.807) is 0 Å². The summed E-state index contributed by atoms with van der Waals surface area (Å²) in [6.45, 7) is 3.14. The summed E-state index contributed by atoms with van der Waals surface area (Å²) in [6.07, 6.45) is 0. The zero-order valence-electron chi connectivity index (χ0n) is 8.89. The van der Waals surface area contributed by atoms with Crippen LogP contribution in [-0.4, -0.2) is 20.3 Å². The summed E-state index contributed by atoms with van der Waals surface area (Å²) in [5.41, 5.74) is 0.887. The van der Waals surface area contributed by atoms with E-state index in [0.717, 1.165) is 10.0 Å². The highest BCUT2D eigenvalue weighted by Crippen LogP contribution is 2.20. The Morgan fingerprint density at radius 2 is 2.20 bits per heavy atom. The number of hydrogen-bond acceptors (Lipinski definition) is 2. The van der Waals surface area contributed by atoms with Crippen LogP contribution in [0.4, 0.5) is 4.39 Å². The first kappa shape index (κ1) is 12.6. The van der Waals surface area contributed by atoms with Gasteiger partial charge in [-0.2, -0.15) is 0 Å². The molecule has 2 nitrogen and oxygen atoms in total. The van der Waals surface area contributed by atoms with Gasteiger partial charge in [-0.25, -0.2) is 4.39 Å². The summed E-state index contributed by atoms with van der Waals surface area (Å²) in [7, 11) is 1.84. The van der Waals surface area contributed by atoms with Crippen LogP contribution in [0.15, 0.2) is 22.7 Å². The van der Waals surface area contributed by atoms with Gasteiger partial charge in [0.15, 0.2) is 0 Å². The van der Waals surface area contributed by atoms with Gasteiger partial charge >= 0.3 is 0 Å². The number of halogens is 2. The molecular weight excluding hydrogens is 261 g/mol. The molecular formula is C11H15BrFNO. The van der Waals surface area contributed by atoms with Crippen LogP contribution in [0.3, 0.4) is 0 Å². The molecule has 0 saturated carbocycles. The summed E-state index contributed by atoms with van der Waals surface area (Å²) in [6, 6.07) is 4.88. The molecule has 0 aliphatic rings. The molecule has 1 N–H and O–H groups in total. The third kappa shape index (κ3) is 3.89. The molecule has 0 aliphatic carbocycles. The molecule has 0 heterocycles. The van der Waals surface area contributed by atoms with E-state index in [1.807, 2.05) is 20.0 Å². The van der Waals surface area contributed by atoms with Crippen molar-refractivity contribution in [1.82, 2.24) is 5.32 Å². The van der Waals surface area contributed by atoms with E-state index < -0.39 is 0 Å². The monoisotopic (exact) mass is 275 g/mol. The van der Waals surface area contributed by atoms with Crippen molar-refractivity contribution in [3.63, 3.8) is 0 Å². The molecule has 0 saturated heterocycles. The van der Waals surface area contributed by atoms with Crippen molar-refractivity contribution in [2.24, 2.45) is 0 Å². The number of ether oxygens (including phenoxy) is 1. The normalized spacial score (nSPS) is 12.8. The van der Waals surface area contributed by atoms with Crippen molar-refractivity contribution in [2.75, 3.05) is 20.3 Å². The second kappa shape index (κ2) is 6.20. The third-order valence-corrected chi connectivity index (χ3v) is 2.58. The average Bonchev–Trinajstić information content (AvgIpc) is 2.17. The lowest BCUT2D eigenvalue weighted by molar-refractivity contribution is 0.125. The summed E-state index contributed by atoms with van der Waals surface area (Å²) >= 11 is 3.27. The van der Waals surface area contributed by atoms with Gasteiger partial charge in [-0.05, 0) is 37.7 Å². The fourth-order valence-electron chi connectivity index (χ4n) is 1.36. The molecule has 0 bridgehead atoms. The second-order valence-electron chi connectivity index (χ2n) is 3.20. The first-order chi connectivity index (χ1) is 7.17. The zero-order valence-corrected chi connectivity index (χ0v) is 10.5. The Hall–Kier alpha value is -0.450. The number of hydrogen-bond donors (Lipinski definition) is 1. The zero-order chi connectivity index (χ0) is 11.3. The van der Waals surface area contributed by atoms with Crippen molar-refractivity contribution in [3.8, 4) is 0 Å². The Labute approximate surface area is 98.0 Å². The van der Waals surface area contributed by atoms with Crippen LogP contribution in [-0.2, 0) is 4.74 Å². The molecule has 15 heavy (non-hydrogen) atoms. The van der Waals surface area contributed by atoms with Gasteiger partial charge in [0.2, 0.25) is 0 Å². The Morgan fingerprint density at radius 1 is 1.47 bits per heavy atom. The highest BCUT2D eigenvalue weighted by atomic mass is 79.9. The number of benzene rings is 1. The highest BCUT2D eigenvalue weighted by molar-refractivity contribution is 9.10. The molecule has 0 amide bonds. The van der Waals surface area contributed by atoms with Gasteiger partial charge in [0.1, 0.15) is 5.82 Å². The Morgan fingerprint density at radius 3 is 2.73 bits per heavy atom.